The summed E-state index contributed by atoms with van der Waals surface area (Å²) in [5.74, 6) is -0.159. The highest BCUT2D eigenvalue weighted by Gasteiger charge is 2.53. The van der Waals surface area contributed by atoms with Gasteiger partial charge in [0.2, 0.25) is 0 Å². The lowest BCUT2D eigenvalue weighted by Crippen LogP contribution is -2.43. The van der Waals surface area contributed by atoms with E-state index >= 15 is 0 Å². The lowest BCUT2D eigenvalue weighted by molar-refractivity contribution is -0.158. The van der Waals surface area contributed by atoms with E-state index in [4.69, 9.17) is 19.6 Å². The van der Waals surface area contributed by atoms with Gasteiger partial charge in [0.1, 0.15) is 6.10 Å². The van der Waals surface area contributed by atoms with Gasteiger partial charge in [-0.1, -0.05) is 20.8 Å². The van der Waals surface area contributed by atoms with E-state index in [0.29, 0.717) is 5.92 Å². The average Bonchev–Trinajstić information content (AvgIpc) is 2.70. The normalized spacial score (nSPS) is 37.2. The van der Waals surface area contributed by atoms with Crippen molar-refractivity contribution in [2.24, 2.45) is 11.7 Å². The summed E-state index contributed by atoms with van der Waals surface area (Å²) in [5, 5.41) is 0.236. The number of hydrogen-bond donors (Lipinski definition) is 1. The predicted octanol–water partition coefficient (Wildman–Crippen LogP) is 2.88. The molecule has 1 saturated heterocycles. The van der Waals surface area contributed by atoms with Crippen LogP contribution in [-0.4, -0.2) is 39.0 Å². The quantitative estimate of drug-likeness (QED) is 0.814. The molecule has 1 aliphatic heterocycles. The monoisotopic (exact) mass is 301 g/mol. The molecular formula is C15H31NO3Si. The van der Waals surface area contributed by atoms with Crippen LogP contribution in [0.3, 0.4) is 0 Å². The minimum absolute atomic E-state index is 0.0259. The smallest absolute Gasteiger partial charge is 0.191 e. The lowest BCUT2D eigenvalue weighted by Gasteiger charge is -2.37. The van der Waals surface area contributed by atoms with E-state index in [1.807, 2.05) is 13.8 Å². The number of nitrogens with two attached hydrogens (primary N) is 1. The molecular weight excluding hydrogens is 270 g/mol. The second kappa shape index (κ2) is 5.06. The molecule has 5 heteroatoms. The Hall–Kier alpha value is 0.0569. The first kappa shape index (κ1) is 16.4. The Bertz CT molecular complexity index is 365. The van der Waals surface area contributed by atoms with Gasteiger partial charge in [-0.3, -0.25) is 0 Å². The maximum atomic E-state index is 6.35. The van der Waals surface area contributed by atoms with Crippen molar-refractivity contribution in [3.63, 3.8) is 0 Å². The molecule has 0 amide bonds. The minimum atomic E-state index is -1.71. The zero-order chi connectivity index (χ0) is 15.3. The van der Waals surface area contributed by atoms with Gasteiger partial charge in [0.15, 0.2) is 14.1 Å². The van der Waals surface area contributed by atoms with E-state index < -0.39 is 14.1 Å². The van der Waals surface area contributed by atoms with Crippen molar-refractivity contribution < 1.29 is 13.9 Å². The first-order valence-corrected chi connectivity index (χ1v) is 10.6. The summed E-state index contributed by atoms with van der Waals surface area (Å²) in [5.41, 5.74) is 6.21. The standard InChI is InChI=1S/C15H31NO3Si/c1-14(2,3)20(6,7)17-9-10-8-11(16)13-12(10)18-15(4,5)19-13/h10-13H,8-9,16H2,1-7H3/t10-,11-,12-,13+/m1/s1. The first-order valence-electron chi connectivity index (χ1n) is 7.68. The van der Waals surface area contributed by atoms with Crippen molar-refractivity contribution in [3.05, 3.63) is 0 Å². The van der Waals surface area contributed by atoms with Gasteiger partial charge in [0.25, 0.3) is 0 Å². The van der Waals surface area contributed by atoms with Crippen LogP contribution in [0.5, 0.6) is 0 Å². The SMILES string of the molecule is CC1(C)O[C@@H]2[C@@H](CO[Si](C)(C)C(C)(C)C)C[C@@H](N)[C@@H]2O1. The number of ether oxygens (including phenoxy) is 2. The predicted molar refractivity (Wildman–Crippen MR) is 83.1 cm³/mol. The molecule has 1 aliphatic carbocycles. The summed E-state index contributed by atoms with van der Waals surface area (Å²) in [6, 6.07) is 0.0646. The summed E-state index contributed by atoms with van der Waals surface area (Å²) >= 11 is 0. The number of hydrogen-bond acceptors (Lipinski definition) is 4. The van der Waals surface area contributed by atoms with Crippen molar-refractivity contribution in [2.75, 3.05) is 6.61 Å². The molecule has 2 N–H and O–H groups in total. The van der Waals surface area contributed by atoms with Crippen molar-refractivity contribution in [2.45, 2.75) is 83.2 Å². The fraction of sp³-hybridized carbons (Fsp3) is 1.00. The van der Waals surface area contributed by atoms with Gasteiger partial charge in [-0.2, -0.15) is 0 Å². The molecule has 2 fully saturated rings. The molecule has 0 aromatic rings. The van der Waals surface area contributed by atoms with E-state index in [1.165, 1.54) is 0 Å². The van der Waals surface area contributed by atoms with Crippen LogP contribution < -0.4 is 5.73 Å². The Kier molecular flexibility index (Phi) is 4.15. The van der Waals surface area contributed by atoms with E-state index in [0.717, 1.165) is 13.0 Å². The van der Waals surface area contributed by atoms with Gasteiger partial charge >= 0.3 is 0 Å². The molecule has 0 aromatic heterocycles. The molecule has 2 aliphatic rings. The van der Waals surface area contributed by atoms with Crippen molar-refractivity contribution in [3.8, 4) is 0 Å². The largest absolute Gasteiger partial charge is 0.416 e. The number of rotatable bonds is 3. The Morgan fingerprint density at radius 2 is 1.75 bits per heavy atom. The highest BCUT2D eigenvalue weighted by atomic mass is 28.4. The van der Waals surface area contributed by atoms with Crippen LogP contribution in [0.4, 0.5) is 0 Å². The van der Waals surface area contributed by atoms with Gasteiger partial charge in [0, 0.05) is 18.6 Å². The Morgan fingerprint density at radius 1 is 1.20 bits per heavy atom. The zero-order valence-corrected chi connectivity index (χ0v) is 15.0. The summed E-state index contributed by atoms with van der Waals surface area (Å²) in [6.07, 6.45) is 1.04. The molecule has 0 aromatic carbocycles. The second-order valence-corrected chi connectivity index (χ2v) is 13.1. The summed E-state index contributed by atoms with van der Waals surface area (Å²) in [6.45, 7) is 16.0. The molecule has 0 spiro atoms. The molecule has 20 heavy (non-hydrogen) atoms. The summed E-state index contributed by atoms with van der Waals surface area (Å²) in [4.78, 5) is 0. The van der Waals surface area contributed by atoms with Crippen LogP contribution in [0.1, 0.15) is 41.0 Å². The van der Waals surface area contributed by atoms with E-state index in [2.05, 4.69) is 33.9 Å². The Morgan fingerprint density at radius 3 is 2.30 bits per heavy atom. The van der Waals surface area contributed by atoms with Gasteiger partial charge in [-0.25, -0.2) is 0 Å². The first-order chi connectivity index (χ1) is 8.93. The minimum Gasteiger partial charge on any atom is -0.416 e. The van der Waals surface area contributed by atoms with Crippen LogP contribution in [0.15, 0.2) is 0 Å². The van der Waals surface area contributed by atoms with E-state index in [9.17, 15) is 0 Å². The lowest BCUT2D eigenvalue weighted by atomic mass is 10.1. The van der Waals surface area contributed by atoms with Crippen molar-refractivity contribution in [1.82, 2.24) is 0 Å². The molecule has 118 valence electrons. The Balaban J connectivity index is 1.98. The van der Waals surface area contributed by atoms with Crippen LogP contribution >= 0.6 is 0 Å². The topological polar surface area (TPSA) is 53.7 Å². The zero-order valence-electron chi connectivity index (χ0n) is 14.0. The van der Waals surface area contributed by atoms with Crippen LogP contribution in [0.25, 0.3) is 0 Å². The third-order valence-electron chi connectivity index (χ3n) is 5.09. The number of fused-ring (bicyclic) bond motifs is 1. The third kappa shape index (κ3) is 3.12. The molecule has 0 radical (unpaired) electrons. The van der Waals surface area contributed by atoms with Gasteiger partial charge in [-0.15, -0.1) is 0 Å². The maximum absolute atomic E-state index is 6.35. The van der Waals surface area contributed by atoms with E-state index in [1.54, 1.807) is 0 Å². The molecule has 0 unspecified atom stereocenters. The fourth-order valence-corrected chi connectivity index (χ4v) is 3.89. The van der Waals surface area contributed by atoms with Crippen LogP contribution in [-0.2, 0) is 13.9 Å². The molecule has 1 saturated carbocycles. The second-order valence-electron chi connectivity index (χ2n) is 8.30. The molecule has 4 nitrogen and oxygen atoms in total. The van der Waals surface area contributed by atoms with Gasteiger partial charge in [-0.05, 0) is 38.4 Å². The molecule has 4 atom stereocenters. The molecule has 2 rings (SSSR count). The summed E-state index contributed by atoms with van der Waals surface area (Å²) in [7, 11) is -1.71. The highest BCUT2D eigenvalue weighted by Crippen LogP contribution is 2.42. The van der Waals surface area contributed by atoms with Gasteiger partial charge in [0.05, 0.1) is 6.10 Å². The van der Waals surface area contributed by atoms with Gasteiger partial charge < -0.3 is 19.6 Å². The Labute approximate surface area is 124 Å². The molecule has 0 bridgehead atoms. The fourth-order valence-electron chi connectivity index (χ4n) is 2.83. The third-order valence-corrected chi connectivity index (χ3v) is 9.59. The molecule has 1 heterocycles. The summed E-state index contributed by atoms with van der Waals surface area (Å²) < 4.78 is 18.3. The van der Waals surface area contributed by atoms with Crippen molar-refractivity contribution in [1.29, 1.82) is 0 Å². The van der Waals surface area contributed by atoms with Crippen LogP contribution in [0, 0.1) is 5.92 Å². The van der Waals surface area contributed by atoms with Crippen molar-refractivity contribution >= 4 is 8.32 Å². The average molecular weight is 302 g/mol. The highest BCUT2D eigenvalue weighted by molar-refractivity contribution is 6.74. The van der Waals surface area contributed by atoms with Crippen LogP contribution in [0.2, 0.25) is 18.1 Å². The van der Waals surface area contributed by atoms with E-state index in [-0.39, 0.29) is 23.3 Å². The maximum Gasteiger partial charge on any atom is 0.191 e.